The van der Waals surface area contributed by atoms with E-state index in [0.29, 0.717) is 0 Å². The number of urea groups is 1. The van der Waals surface area contributed by atoms with Gasteiger partial charge in [-0.05, 0) is 31.5 Å². The highest BCUT2D eigenvalue weighted by Crippen LogP contribution is 2.34. The molecule has 0 bridgehead atoms. The molecular formula is C19H20F2N2O2S. The van der Waals surface area contributed by atoms with Gasteiger partial charge >= 0.3 is 6.03 Å². The highest BCUT2D eigenvalue weighted by Gasteiger charge is 2.23. The molecule has 2 aromatic carbocycles. The van der Waals surface area contributed by atoms with Crippen LogP contribution in [0.1, 0.15) is 30.2 Å². The monoisotopic (exact) mass is 378 g/mol. The first kappa shape index (κ1) is 19.9. The number of amides is 3. The second kappa shape index (κ2) is 9.33. The minimum atomic E-state index is -0.661. The average Bonchev–Trinajstić information content (AvgIpc) is 2.60. The van der Waals surface area contributed by atoms with Crippen molar-refractivity contribution in [2.45, 2.75) is 30.9 Å². The molecule has 0 saturated heterocycles. The predicted molar refractivity (Wildman–Crippen MR) is 98.6 cm³/mol. The van der Waals surface area contributed by atoms with Gasteiger partial charge in [0.05, 0.1) is 5.25 Å². The van der Waals surface area contributed by atoms with Gasteiger partial charge in [0.2, 0.25) is 5.91 Å². The van der Waals surface area contributed by atoms with Gasteiger partial charge in [0.25, 0.3) is 0 Å². The molecule has 0 aliphatic carbocycles. The molecule has 2 unspecified atom stereocenters. The summed E-state index contributed by atoms with van der Waals surface area (Å²) in [6.45, 7) is 3.49. The lowest BCUT2D eigenvalue weighted by atomic mass is 10.1. The third-order valence-electron chi connectivity index (χ3n) is 3.72. The number of thioether (sulfide) groups is 1. The molecule has 2 aromatic rings. The maximum absolute atomic E-state index is 13.8. The zero-order valence-corrected chi connectivity index (χ0v) is 15.3. The molecule has 3 amide bonds. The summed E-state index contributed by atoms with van der Waals surface area (Å²) in [5.41, 5.74) is 0.826. The van der Waals surface area contributed by atoms with Gasteiger partial charge in [0.1, 0.15) is 11.6 Å². The number of benzene rings is 2. The van der Waals surface area contributed by atoms with E-state index >= 15 is 0 Å². The standard InChI is InChI=1S/C19H20F2N2O2S/c1-12(17-15(20)9-6-10-16(17)21)26-13(2)18(24)23-19(25)22-11-14-7-4-3-5-8-14/h3-10,12-13H,11H2,1-2H3,(H2,22,23,24,25). The molecule has 0 aliphatic heterocycles. The topological polar surface area (TPSA) is 58.2 Å². The lowest BCUT2D eigenvalue weighted by Gasteiger charge is -2.18. The molecule has 4 nitrogen and oxygen atoms in total. The van der Waals surface area contributed by atoms with Crippen molar-refractivity contribution in [2.24, 2.45) is 0 Å². The summed E-state index contributed by atoms with van der Waals surface area (Å²) in [5, 5.41) is 3.59. The van der Waals surface area contributed by atoms with Crippen LogP contribution in [0, 0.1) is 11.6 Å². The van der Waals surface area contributed by atoms with Gasteiger partial charge in [-0.15, -0.1) is 11.8 Å². The van der Waals surface area contributed by atoms with Gasteiger partial charge < -0.3 is 5.32 Å². The average molecular weight is 378 g/mol. The van der Waals surface area contributed by atoms with E-state index in [0.717, 1.165) is 17.3 Å². The van der Waals surface area contributed by atoms with Crippen LogP contribution in [-0.2, 0) is 11.3 Å². The fraction of sp³-hybridized carbons (Fsp3) is 0.263. The second-order valence-corrected chi connectivity index (χ2v) is 7.40. The summed E-state index contributed by atoms with van der Waals surface area (Å²) < 4.78 is 27.6. The normalized spacial score (nSPS) is 12.9. The summed E-state index contributed by atoms with van der Waals surface area (Å²) in [6.07, 6.45) is 0. The molecule has 0 aliphatic rings. The third-order valence-corrected chi connectivity index (χ3v) is 4.98. The van der Waals surface area contributed by atoms with Crippen LogP contribution in [0.15, 0.2) is 48.5 Å². The van der Waals surface area contributed by atoms with E-state index in [1.165, 1.54) is 18.2 Å². The highest BCUT2D eigenvalue weighted by atomic mass is 32.2. The van der Waals surface area contributed by atoms with E-state index in [2.05, 4.69) is 10.6 Å². The van der Waals surface area contributed by atoms with Crippen LogP contribution in [0.3, 0.4) is 0 Å². The van der Waals surface area contributed by atoms with Crippen LogP contribution in [0.4, 0.5) is 13.6 Å². The molecule has 26 heavy (non-hydrogen) atoms. The van der Waals surface area contributed by atoms with Crippen molar-refractivity contribution in [1.29, 1.82) is 0 Å². The molecule has 0 heterocycles. The highest BCUT2D eigenvalue weighted by molar-refractivity contribution is 8.00. The Hall–Kier alpha value is -2.41. The smallest absolute Gasteiger partial charge is 0.321 e. The minimum Gasteiger partial charge on any atom is -0.334 e. The van der Waals surface area contributed by atoms with Crippen molar-refractivity contribution in [2.75, 3.05) is 0 Å². The molecule has 0 radical (unpaired) electrons. The van der Waals surface area contributed by atoms with E-state index in [9.17, 15) is 18.4 Å². The Balaban J connectivity index is 1.86. The number of hydrogen-bond donors (Lipinski definition) is 2. The van der Waals surface area contributed by atoms with E-state index in [4.69, 9.17) is 0 Å². The van der Waals surface area contributed by atoms with Crippen LogP contribution >= 0.6 is 11.8 Å². The summed E-state index contributed by atoms with van der Waals surface area (Å²) in [5.74, 6) is -1.83. The molecule has 0 aromatic heterocycles. The van der Waals surface area contributed by atoms with Crippen molar-refractivity contribution in [3.63, 3.8) is 0 Å². The summed E-state index contributed by atoms with van der Waals surface area (Å²) in [7, 11) is 0. The Morgan fingerprint density at radius 1 is 1.00 bits per heavy atom. The summed E-state index contributed by atoms with van der Waals surface area (Å²) >= 11 is 1.07. The maximum Gasteiger partial charge on any atom is 0.321 e. The number of carbonyl (C=O) groups excluding carboxylic acids is 2. The molecule has 2 rings (SSSR count). The molecule has 138 valence electrons. The fourth-order valence-corrected chi connectivity index (χ4v) is 3.53. The van der Waals surface area contributed by atoms with Crippen LogP contribution < -0.4 is 10.6 Å². The van der Waals surface area contributed by atoms with Crippen molar-refractivity contribution in [3.05, 3.63) is 71.3 Å². The van der Waals surface area contributed by atoms with Gasteiger partial charge in [0.15, 0.2) is 0 Å². The van der Waals surface area contributed by atoms with Crippen LogP contribution in [0.2, 0.25) is 0 Å². The minimum absolute atomic E-state index is 0.0781. The zero-order chi connectivity index (χ0) is 19.1. The largest absolute Gasteiger partial charge is 0.334 e. The van der Waals surface area contributed by atoms with Crippen LogP contribution in [0.5, 0.6) is 0 Å². The van der Waals surface area contributed by atoms with Gasteiger partial charge in [0, 0.05) is 17.4 Å². The number of carbonyl (C=O) groups is 2. The molecule has 0 spiro atoms. The SMILES string of the molecule is CC(SC(C)c1c(F)cccc1F)C(=O)NC(=O)NCc1ccccc1. The summed E-state index contributed by atoms with van der Waals surface area (Å²) in [4.78, 5) is 23.9. The van der Waals surface area contributed by atoms with Crippen molar-refractivity contribution in [3.8, 4) is 0 Å². The van der Waals surface area contributed by atoms with Gasteiger partial charge in [-0.25, -0.2) is 13.6 Å². The number of halogens is 2. The van der Waals surface area contributed by atoms with E-state index in [1.807, 2.05) is 30.3 Å². The fourth-order valence-electron chi connectivity index (χ4n) is 2.37. The van der Waals surface area contributed by atoms with E-state index < -0.39 is 34.1 Å². The first-order valence-electron chi connectivity index (χ1n) is 8.10. The molecule has 7 heteroatoms. The lowest BCUT2D eigenvalue weighted by Crippen LogP contribution is -2.42. The Kier molecular flexibility index (Phi) is 7.15. The van der Waals surface area contributed by atoms with E-state index in [1.54, 1.807) is 13.8 Å². The molecule has 2 atom stereocenters. The first-order chi connectivity index (χ1) is 12.4. The number of hydrogen-bond acceptors (Lipinski definition) is 3. The molecule has 0 saturated carbocycles. The molecule has 0 fully saturated rings. The third kappa shape index (κ3) is 5.56. The zero-order valence-electron chi connectivity index (χ0n) is 14.5. The number of rotatable bonds is 6. The predicted octanol–water partition coefficient (Wildman–Crippen LogP) is 4.17. The first-order valence-corrected chi connectivity index (χ1v) is 9.04. The van der Waals surface area contributed by atoms with Crippen molar-refractivity contribution < 1.29 is 18.4 Å². The molecular weight excluding hydrogens is 358 g/mol. The van der Waals surface area contributed by atoms with Crippen molar-refractivity contribution >= 4 is 23.7 Å². The maximum atomic E-state index is 13.8. The van der Waals surface area contributed by atoms with Gasteiger partial charge in [-0.3, -0.25) is 10.1 Å². The van der Waals surface area contributed by atoms with Crippen LogP contribution in [-0.4, -0.2) is 17.2 Å². The van der Waals surface area contributed by atoms with Gasteiger partial charge in [-0.2, -0.15) is 0 Å². The second-order valence-electron chi connectivity index (χ2n) is 5.71. The Labute approximate surface area is 155 Å². The van der Waals surface area contributed by atoms with Crippen molar-refractivity contribution in [1.82, 2.24) is 10.6 Å². The quantitative estimate of drug-likeness (QED) is 0.793. The Bertz CT molecular complexity index is 751. The summed E-state index contributed by atoms with van der Waals surface area (Å²) in [6, 6.07) is 12.3. The van der Waals surface area contributed by atoms with Gasteiger partial charge in [-0.1, -0.05) is 36.4 Å². The lowest BCUT2D eigenvalue weighted by molar-refractivity contribution is -0.119. The Morgan fingerprint density at radius 3 is 2.23 bits per heavy atom. The molecule has 2 N–H and O–H groups in total. The van der Waals surface area contributed by atoms with Crippen LogP contribution in [0.25, 0.3) is 0 Å². The number of nitrogens with one attached hydrogen (secondary N) is 2. The van der Waals surface area contributed by atoms with E-state index in [-0.39, 0.29) is 12.1 Å². The Morgan fingerprint density at radius 2 is 1.62 bits per heavy atom. The number of imide groups is 1.